The number of hydrogen-bond acceptors (Lipinski definition) is 2. The Morgan fingerprint density at radius 3 is 2.00 bits per heavy atom. The van der Waals surface area contributed by atoms with E-state index in [0.29, 0.717) is 0 Å². The molecule has 0 aromatic heterocycles. The van der Waals surface area contributed by atoms with Crippen molar-refractivity contribution in [1.29, 1.82) is 0 Å². The summed E-state index contributed by atoms with van der Waals surface area (Å²) in [6.07, 6.45) is 6.84. The van der Waals surface area contributed by atoms with Crippen LogP contribution in [0.5, 0.6) is 0 Å². The quantitative estimate of drug-likeness (QED) is 0.518. The highest BCUT2D eigenvalue weighted by molar-refractivity contribution is 4.48. The normalized spacial score (nSPS) is 10.5. The molecular formula is C10H24N2. The van der Waals surface area contributed by atoms with Gasteiger partial charge in [-0.25, -0.2) is 0 Å². The smallest absolute Gasteiger partial charge is 0.00490 e. The molecule has 0 spiro atoms. The average Bonchev–Trinajstić information content (AvgIpc) is 2.10. The maximum absolute atomic E-state index is 3.34. The second-order valence-electron chi connectivity index (χ2n) is 3.22. The fourth-order valence-electron chi connectivity index (χ4n) is 1.26. The first-order valence-corrected chi connectivity index (χ1v) is 5.27. The molecule has 0 heterocycles. The molecule has 0 rings (SSSR count). The van der Waals surface area contributed by atoms with E-state index < -0.39 is 0 Å². The zero-order valence-corrected chi connectivity index (χ0v) is 8.66. The molecule has 0 aliphatic carbocycles. The van der Waals surface area contributed by atoms with E-state index in [0.717, 1.165) is 6.54 Å². The monoisotopic (exact) mass is 172 g/mol. The van der Waals surface area contributed by atoms with Gasteiger partial charge in [0.1, 0.15) is 0 Å². The molecule has 2 nitrogen and oxygen atoms in total. The fraction of sp³-hybridized carbons (Fsp3) is 1.00. The Morgan fingerprint density at radius 1 is 0.833 bits per heavy atom. The summed E-state index contributed by atoms with van der Waals surface area (Å²) in [5, 5.41) is 6.50. The SMILES string of the molecule is CCNCCCCCCCNC. The van der Waals surface area contributed by atoms with Crippen LogP contribution in [-0.2, 0) is 0 Å². The van der Waals surface area contributed by atoms with Gasteiger partial charge in [-0.05, 0) is 39.5 Å². The third-order valence-electron chi connectivity index (χ3n) is 2.03. The van der Waals surface area contributed by atoms with Gasteiger partial charge in [-0.3, -0.25) is 0 Å². The molecule has 0 bridgehead atoms. The van der Waals surface area contributed by atoms with E-state index >= 15 is 0 Å². The number of nitrogens with one attached hydrogen (secondary N) is 2. The van der Waals surface area contributed by atoms with Crippen molar-refractivity contribution >= 4 is 0 Å². The minimum absolute atomic E-state index is 1.11. The van der Waals surface area contributed by atoms with E-state index in [1.807, 2.05) is 7.05 Å². The lowest BCUT2D eigenvalue weighted by atomic mass is 10.1. The lowest BCUT2D eigenvalue weighted by Gasteiger charge is -2.01. The van der Waals surface area contributed by atoms with Crippen molar-refractivity contribution in [3.05, 3.63) is 0 Å². The fourth-order valence-corrected chi connectivity index (χ4v) is 1.26. The molecule has 2 N–H and O–H groups in total. The largest absolute Gasteiger partial charge is 0.320 e. The van der Waals surface area contributed by atoms with Crippen LogP contribution in [0.2, 0.25) is 0 Å². The maximum Gasteiger partial charge on any atom is -0.00490 e. The highest BCUT2D eigenvalue weighted by atomic mass is 14.8. The number of rotatable bonds is 9. The molecule has 12 heavy (non-hydrogen) atoms. The summed E-state index contributed by atoms with van der Waals surface area (Å²) >= 11 is 0. The van der Waals surface area contributed by atoms with E-state index in [1.54, 1.807) is 0 Å². The number of hydrogen-bond donors (Lipinski definition) is 2. The van der Waals surface area contributed by atoms with Gasteiger partial charge in [0.25, 0.3) is 0 Å². The topological polar surface area (TPSA) is 24.1 Å². The standard InChI is InChI=1S/C10H24N2/c1-3-12-10-8-6-4-5-7-9-11-2/h11-12H,3-10H2,1-2H3. The Balaban J connectivity index is 2.73. The third-order valence-corrected chi connectivity index (χ3v) is 2.03. The van der Waals surface area contributed by atoms with E-state index in [-0.39, 0.29) is 0 Å². The van der Waals surface area contributed by atoms with Crippen LogP contribution in [0.15, 0.2) is 0 Å². The number of unbranched alkanes of at least 4 members (excludes halogenated alkanes) is 4. The lowest BCUT2D eigenvalue weighted by Crippen LogP contribution is -2.13. The van der Waals surface area contributed by atoms with E-state index in [9.17, 15) is 0 Å². The molecule has 0 fully saturated rings. The van der Waals surface area contributed by atoms with Crippen molar-refractivity contribution in [1.82, 2.24) is 10.6 Å². The third kappa shape index (κ3) is 9.92. The lowest BCUT2D eigenvalue weighted by molar-refractivity contribution is 0.574. The Bertz CT molecular complexity index is 64.2. The van der Waals surface area contributed by atoms with Gasteiger partial charge in [-0.2, -0.15) is 0 Å². The zero-order valence-electron chi connectivity index (χ0n) is 8.66. The molecule has 0 aliphatic rings. The highest BCUT2D eigenvalue weighted by Crippen LogP contribution is 2.01. The molecule has 0 atom stereocenters. The van der Waals surface area contributed by atoms with Crippen molar-refractivity contribution in [3.8, 4) is 0 Å². The van der Waals surface area contributed by atoms with Crippen LogP contribution in [-0.4, -0.2) is 26.7 Å². The van der Waals surface area contributed by atoms with Crippen LogP contribution in [0, 0.1) is 0 Å². The van der Waals surface area contributed by atoms with Gasteiger partial charge >= 0.3 is 0 Å². The van der Waals surface area contributed by atoms with Crippen molar-refractivity contribution in [2.45, 2.75) is 39.0 Å². The Kier molecular flexibility index (Phi) is 10.8. The van der Waals surface area contributed by atoms with Crippen LogP contribution in [0.1, 0.15) is 39.0 Å². The van der Waals surface area contributed by atoms with Gasteiger partial charge in [-0.1, -0.05) is 26.2 Å². The van der Waals surface area contributed by atoms with Gasteiger partial charge < -0.3 is 10.6 Å². The molecule has 0 amide bonds. The van der Waals surface area contributed by atoms with Crippen LogP contribution in [0.25, 0.3) is 0 Å². The summed E-state index contributed by atoms with van der Waals surface area (Å²) in [5.74, 6) is 0. The van der Waals surface area contributed by atoms with E-state index in [2.05, 4.69) is 17.6 Å². The average molecular weight is 172 g/mol. The summed E-state index contributed by atoms with van der Waals surface area (Å²) in [7, 11) is 2.02. The minimum Gasteiger partial charge on any atom is -0.320 e. The van der Waals surface area contributed by atoms with Crippen molar-refractivity contribution < 1.29 is 0 Å². The molecule has 0 aromatic rings. The van der Waals surface area contributed by atoms with Crippen molar-refractivity contribution in [2.75, 3.05) is 26.7 Å². The van der Waals surface area contributed by atoms with Crippen molar-refractivity contribution in [3.63, 3.8) is 0 Å². The van der Waals surface area contributed by atoms with Gasteiger partial charge in [0.15, 0.2) is 0 Å². The second-order valence-corrected chi connectivity index (χ2v) is 3.22. The molecule has 0 aromatic carbocycles. The molecule has 0 aliphatic heterocycles. The van der Waals surface area contributed by atoms with Crippen LogP contribution in [0.4, 0.5) is 0 Å². The first kappa shape index (κ1) is 11.9. The summed E-state index contributed by atoms with van der Waals surface area (Å²) in [6.45, 7) is 5.64. The second kappa shape index (κ2) is 10.9. The molecule has 0 saturated heterocycles. The molecular weight excluding hydrogens is 148 g/mol. The summed E-state index contributed by atoms with van der Waals surface area (Å²) in [5.41, 5.74) is 0. The van der Waals surface area contributed by atoms with Gasteiger partial charge in [0.2, 0.25) is 0 Å². The van der Waals surface area contributed by atoms with Crippen molar-refractivity contribution in [2.24, 2.45) is 0 Å². The van der Waals surface area contributed by atoms with E-state index in [4.69, 9.17) is 0 Å². The predicted molar refractivity (Wildman–Crippen MR) is 55.6 cm³/mol. The molecule has 2 heteroatoms. The predicted octanol–water partition coefficient (Wildman–Crippen LogP) is 1.77. The molecule has 74 valence electrons. The minimum atomic E-state index is 1.11. The van der Waals surface area contributed by atoms with Crippen LogP contribution in [0.3, 0.4) is 0 Å². The first-order valence-electron chi connectivity index (χ1n) is 5.27. The summed E-state index contributed by atoms with van der Waals surface area (Å²) in [4.78, 5) is 0. The Labute approximate surface area is 77.1 Å². The summed E-state index contributed by atoms with van der Waals surface area (Å²) < 4.78 is 0. The maximum atomic E-state index is 3.34. The first-order chi connectivity index (χ1) is 5.91. The molecule has 0 radical (unpaired) electrons. The molecule has 0 saturated carbocycles. The van der Waals surface area contributed by atoms with Gasteiger partial charge in [0.05, 0.1) is 0 Å². The molecule has 0 unspecified atom stereocenters. The van der Waals surface area contributed by atoms with Gasteiger partial charge in [-0.15, -0.1) is 0 Å². The van der Waals surface area contributed by atoms with Crippen LogP contribution < -0.4 is 10.6 Å². The summed E-state index contributed by atoms with van der Waals surface area (Å²) in [6, 6.07) is 0. The Morgan fingerprint density at radius 2 is 1.42 bits per heavy atom. The highest BCUT2D eigenvalue weighted by Gasteiger charge is 1.89. The van der Waals surface area contributed by atoms with Gasteiger partial charge in [0, 0.05) is 0 Å². The van der Waals surface area contributed by atoms with Crippen LogP contribution >= 0.6 is 0 Å². The Hall–Kier alpha value is -0.0800. The van der Waals surface area contributed by atoms with E-state index in [1.165, 1.54) is 45.2 Å². The zero-order chi connectivity index (χ0) is 9.07.